The van der Waals surface area contributed by atoms with Gasteiger partial charge in [0.25, 0.3) is 0 Å². The van der Waals surface area contributed by atoms with Crippen molar-refractivity contribution >= 4 is 17.4 Å². The molecule has 1 heterocycles. The van der Waals surface area contributed by atoms with Gasteiger partial charge in [0.05, 0.1) is 0 Å². The highest BCUT2D eigenvalue weighted by molar-refractivity contribution is 7.99. The minimum Gasteiger partial charge on any atom is -0.457 e. The van der Waals surface area contributed by atoms with Crippen LogP contribution in [-0.4, -0.2) is 17.5 Å². The first-order valence-corrected chi connectivity index (χ1v) is 8.23. The molecule has 1 N–H and O–H groups in total. The van der Waals surface area contributed by atoms with E-state index in [1.807, 2.05) is 54.2 Å². The van der Waals surface area contributed by atoms with E-state index in [0.29, 0.717) is 6.04 Å². The second-order valence-corrected chi connectivity index (χ2v) is 6.15. The van der Waals surface area contributed by atoms with Crippen LogP contribution in [0.25, 0.3) is 0 Å². The van der Waals surface area contributed by atoms with Gasteiger partial charge in [-0.15, -0.1) is 0 Å². The maximum Gasteiger partial charge on any atom is 0.127 e. The number of hydrogen-bond acceptors (Lipinski definition) is 3. The molecule has 3 heteroatoms. The molecule has 0 bridgehead atoms. The van der Waals surface area contributed by atoms with E-state index in [1.165, 1.54) is 30.0 Å². The van der Waals surface area contributed by atoms with E-state index < -0.39 is 0 Å². The van der Waals surface area contributed by atoms with Crippen molar-refractivity contribution in [3.05, 3.63) is 54.6 Å². The molecule has 0 radical (unpaired) electrons. The Labute approximate surface area is 124 Å². The molecule has 1 unspecified atom stereocenters. The zero-order valence-electron chi connectivity index (χ0n) is 11.4. The van der Waals surface area contributed by atoms with Gasteiger partial charge >= 0.3 is 0 Å². The first kappa shape index (κ1) is 13.4. The van der Waals surface area contributed by atoms with Crippen LogP contribution in [-0.2, 0) is 0 Å². The van der Waals surface area contributed by atoms with Crippen LogP contribution in [0.2, 0.25) is 0 Å². The molecule has 3 rings (SSSR count). The first-order valence-electron chi connectivity index (χ1n) is 7.07. The summed E-state index contributed by atoms with van der Waals surface area (Å²) in [5.74, 6) is 4.27. The Morgan fingerprint density at radius 3 is 2.40 bits per heavy atom. The predicted octanol–water partition coefficient (Wildman–Crippen LogP) is 4.79. The molecule has 0 aromatic heterocycles. The normalized spacial score (nSPS) is 18.5. The maximum atomic E-state index is 5.79. The van der Waals surface area contributed by atoms with Gasteiger partial charge < -0.3 is 10.1 Å². The molecule has 1 aliphatic heterocycles. The molecule has 0 aliphatic carbocycles. The highest BCUT2D eigenvalue weighted by Crippen LogP contribution is 2.25. The summed E-state index contributed by atoms with van der Waals surface area (Å²) in [7, 11) is 0. The number of thioether (sulfide) groups is 1. The van der Waals surface area contributed by atoms with Crippen LogP contribution in [0, 0.1) is 0 Å². The molecule has 20 heavy (non-hydrogen) atoms. The van der Waals surface area contributed by atoms with Crippen LogP contribution >= 0.6 is 11.8 Å². The fourth-order valence-electron chi connectivity index (χ4n) is 2.33. The van der Waals surface area contributed by atoms with Crippen molar-refractivity contribution in [3.8, 4) is 11.5 Å². The zero-order valence-corrected chi connectivity index (χ0v) is 12.2. The van der Waals surface area contributed by atoms with Crippen LogP contribution in [0.4, 0.5) is 5.69 Å². The molecule has 1 aliphatic rings. The van der Waals surface area contributed by atoms with Gasteiger partial charge in [-0.1, -0.05) is 18.2 Å². The molecule has 0 amide bonds. The second kappa shape index (κ2) is 6.71. The lowest BCUT2D eigenvalue weighted by atomic mass is 10.1. The van der Waals surface area contributed by atoms with Gasteiger partial charge in [0.2, 0.25) is 0 Å². The van der Waals surface area contributed by atoms with Crippen LogP contribution in [0.1, 0.15) is 12.8 Å². The molecule has 1 saturated heterocycles. The Hall–Kier alpha value is -1.61. The van der Waals surface area contributed by atoms with E-state index >= 15 is 0 Å². The molecular weight excluding hydrogens is 266 g/mol. The van der Waals surface area contributed by atoms with Crippen LogP contribution < -0.4 is 10.1 Å². The topological polar surface area (TPSA) is 21.3 Å². The molecule has 0 saturated carbocycles. The summed E-state index contributed by atoms with van der Waals surface area (Å²) in [5, 5.41) is 3.60. The average Bonchev–Trinajstić information content (AvgIpc) is 2.51. The fraction of sp³-hybridized carbons (Fsp3) is 0.294. The Bertz CT molecular complexity index is 520. The summed E-state index contributed by atoms with van der Waals surface area (Å²) in [4.78, 5) is 0. The summed E-state index contributed by atoms with van der Waals surface area (Å²) < 4.78 is 5.79. The molecule has 2 aromatic carbocycles. The minimum atomic E-state index is 0.606. The van der Waals surface area contributed by atoms with Crippen molar-refractivity contribution in [2.24, 2.45) is 0 Å². The quantitative estimate of drug-likeness (QED) is 0.873. The largest absolute Gasteiger partial charge is 0.457 e. The van der Waals surface area contributed by atoms with Gasteiger partial charge in [-0.05, 0) is 55.0 Å². The number of para-hydroxylation sites is 1. The third-order valence-corrected chi connectivity index (χ3v) is 4.58. The monoisotopic (exact) mass is 285 g/mol. The van der Waals surface area contributed by atoms with Gasteiger partial charge in [-0.25, -0.2) is 0 Å². The van der Waals surface area contributed by atoms with E-state index in [0.717, 1.165) is 11.5 Å². The standard InChI is InChI=1S/C17H19NOS/c1-2-6-16(7-3-1)19-17-10-8-14(9-11-17)18-15-5-4-12-20-13-15/h1-3,6-11,15,18H,4-5,12-13H2. The lowest BCUT2D eigenvalue weighted by Crippen LogP contribution is -2.25. The Kier molecular flexibility index (Phi) is 4.49. The smallest absolute Gasteiger partial charge is 0.127 e. The van der Waals surface area contributed by atoms with Crippen molar-refractivity contribution in [3.63, 3.8) is 0 Å². The number of ether oxygens (including phenoxy) is 1. The van der Waals surface area contributed by atoms with Gasteiger partial charge in [-0.3, -0.25) is 0 Å². The number of nitrogens with one attached hydrogen (secondary N) is 1. The van der Waals surface area contributed by atoms with Crippen LogP contribution in [0.5, 0.6) is 11.5 Å². The fourth-order valence-corrected chi connectivity index (χ4v) is 3.41. The highest BCUT2D eigenvalue weighted by atomic mass is 32.2. The van der Waals surface area contributed by atoms with Gasteiger partial charge in [0, 0.05) is 17.5 Å². The lowest BCUT2D eigenvalue weighted by molar-refractivity contribution is 0.483. The van der Waals surface area contributed by atoms with Crippen LogP contribution in [0.3, 0.4) is 0 Å². The van der Waals surface area contributed by atoms with Crippen molar-refractivity contribution < 1.29 is 4.74 Å². The van der Waals surface area contributed by atoms with Gasteiger partial charge in [-0.2, -0.15) is 11.8 Å². The lowest BCUT2D eigenvalue weighted by Gasteiger charge is -2.23. The number of anilines is 1. The van der Waals surface area contributed by atoms with E-state index in [-0.39, 0.29) is 0 Å². The Morgan fingerprint density at radius 2 is 1.70 bits per heavy atom. The van der Waals surface area contributed by atoms with Crippen molar-refractivity contribution in [1.29, 1.82) is 0 Å². The molecule has 1 fully saturated rings. The summed E-state index contributed by atoms with van der Waals surface area (Å²) in [5.41, 5.74) is 1.18. The summed E-state index contributed by atoms with van der Waals surface area (Å²) in [6, 6.07) is 18.7. The predicted molar refractivity (Wildman–Crippen MR) is 86.9 cm³/mol. The SMILES string of the molecule is c1ccc(Oc2ccc(NC3CCCSC3)cc2)cc1. The third-order valence-electron chi connectivity index (χ3n) is 3.36. The Balaban J connectivity index is 1.59. The van der Waals surface area contributed by atoms with Crippen molar-refractivity contribution in [2.75, 3.05) is 16.8 Å². The van der Waals surface area contributed by atoms with E-state index in [1.54, 1.807) is 0 Å². The zero-order chi connectivity index (χ0) is 13.6. The number of hydrogen-bond donors (Lipinski definition) is 1. The van der Waals surface area contributed by atoms with Gasteiger partial charge in [0.15, 0.2) is 0 Å². The second-order valence-electron chi connectivity index (χ2n) is 5.00. The summed E-state index contributed by atoms with van der Waals surface area (Å²) >= 11 is 2.04. The van der Waals surface area contributed by atoms with Gasteiger partial charge in [0.1, 0.15) is 11.5 Å². The molecule has 0 spiro atoms. The first-order chi connectivity index (χ1) is 9.90. The Morgan fingerprint density at radius 1 is 0.950 bits per heavy atom. The molecular formula is C17H19NOS. The average molecular weight is 285 g/mol. The van der Waals surface area contributed by atoms with E-state index in [9.17, 15) is 0 Å². The van der Waals surface area contributed by atoms with Crippen molar-refractivity contribution in [2.45, 2.75) is 18.9 Å². The molecule has 1 atom stereocenters. The molecule has 104 valence electrons. The van der Waals surface area contributed by atoms with Crippen molar-refractivity contribution in [1.82, 2.24) is 0 Å². The van der Waals surface area contributed by atoms with E-state index in [2.05, 4.69) is 17.4 Å². The number of rotatable bonds is 4. The maximum absolute atomic E-state index is 5.79. The molecule has 2 aromatic rings. The number of benzene rings is 2. The van der Waals surface area contributed by atoms with E-state index in [4.69, 9.17) is 4.74 Å². The van der Waals surface area contributed by atoms with Crippen LogP contribution in [0.15, 0.2) is 54.6 Å². The summed E-state index contributed by atoms with van der Waals surface area (Å²) in [6.07, 6.45) is 2.59. The highest BCUT2D eigenvalue weighted by Gasteiger charge is 2.13. The minimum absolute atomic E-state index is 0.606. The molecule has 2 nitrogen and oxygen atoms in total. The third kappa shape index (κ3) is 3.70. The summed E-state index contributed by atoms with van der Waals surface area (Å²) in [6.45, 7) is 0.